The molecule has 0 aliphatic carbocycles. The molecular weight excluding hydrogens is 236 g/mol. The van der Waals surface area contributed by atoms with Crippen LogP contribution < -0.4 is 0 Å². The summed E-state index contributed by atoms with van der Waals surface area (Å²) in [6.07, 6.45) is 3.66. The topological polar surface area (TPSA) is 42.3 Å². The van der Waals surface area contributed by atoms with Crippen LogP contribution in [-0.4, -0.2) is 24.0 Å². The van der Waals surface area contributed by atoms with E-state index in [1.165, 1.54) is 0 Å². The molecule has 2 aromatic rings. The van der Waals surface area contributed by atoms with Gasteiger partial charge in [0.25, 0.3) is 0 Å². The van der Waals surface area contributed by atoms with E-state index < -0.39 is 0 Å². The van der Waals surface area contributed by atoms with Crippen LogP contribution in [0.5, 0.6) is 0 Å². The Morgan fingerprint density at radius 2 is 1.95 bits per heavy atom. The van der Waals surface area contributed by atoms with Gasteiger partial charge < -0.3 is 0 Å². The lowest BCUT2D eigenvalue weighted by Crippen LogP contribution is -1.94. The minimum atomic E-state index is 0.0715. The number of pyridine rings is 1. The van der Waals surface area contributed by atoms with Gasteiger partial charge in [-0.05, 0) is 31.0 Å². The zero-order valence-electron chi connectivity index (χ0n) is 11.3. The quantitative estimate of drug-likeness (QED) is 0.621. The lowest BCUT2D eigenvalue weighted by Gasteiger charge is -2.05. The molecule has 0 N–H and O–H groups in total. The predicted molar refractivity (Wildman–Crippen MR) is 77.9 cm³/mol. The fourth-order valence-corrected chi connectivity index (χ4v) is 1.85. The Hall–Kier alpha value is -2.29. The molecule has 1 heterocycles. The number of aliphatic imine (C=N–C) groups is 1. The number of hydrogen-bond acceptors (Lipinski definition) is 3. The van der Waals surface area contributed by atoms with Crippen LogP contribution in [0.4, 0.5) is 0 Å². The summed E-state index contributed by atoms with van der Waals surface area (Å²) in [6.45, 7) is 3.57. The van der Waals surface area contributed by atoms with E-state index in [4.69, 9.17) is 0 Å². The number of Topliss-reactive ketones (excluding diaryl/α,β-unsaturated/α-hetero) is 1. The van der Waals surface area contributed by atoms with Gasteiger partial charge in [0.1, 0.15) is 0 Å². The van der Waals surface area contributed by atoms with Crippen molar-refractivity contribution < 1.29 is 4.79 Å². The van der Waals surface area contributed by atoms with Gasteiger partial charge in [-0.15, -0.1) is 0 Å². The molecule has 0 atom stereocenters. The molecule has 96 valence electrons. The highest BCUT2D eigenvalue weighted by Crippen LogP contribution is 2.19. The summed E-state index contributed by atoms with van der Waals surface area (Å²) in [6, 6.07) is 9.49. The third-order valence-electron chi connectivity index (χ3n) is 3.00. The van der Waals surface area contributed by atoms with Crippen LogP contribution in [0.1, 0.15) is 28.4 Å². The van der Waals surface area contributed by atoms with Crippen molar-refractivity contribution in [1.82, 2.24) is 4.98 Å². The first-order chi connectivity index (χ1) is 9.11. The van der Waals surface area contributed by atoms with Gasteiger partial charge in [0, 0.05) is 30.6 Å². The molecular formula is C16H16N2O. The molecule has 0 radical (unpaired) electrons. The van der Waals surface area contributed by atoms with Crippen molar-refractivity contribution in [1.29, 1.82) is 0 Å². The lowest BCUT2D eigenvalue weighted by molar-refractivity contribution is 0.101. The van der Waals surface area contributed by atoms with Gasteiger partial charge in [-0.2, -0.15) is 0 Å². The van der Waals surface area contributed by atoms with Gasteiger partial charge in [-0.25, -0.2) is 0 Å². The molecule has 0 bridgehead atoms. The summed E-state index contributed by atoms with van der Waals surface area (Å²) >= 11 is 0. The van der Waals surface area contributed by atoms with E-state index in [2.05, 4.69) is 9.98 Å². The lowest BCUT2D eigenvalue weighted by atomic mass is 10.0. The van der Waals surface area contributed by atoms with E-state index in [-0.39, 0.29) is 5.78 Å². The normalized spacial score (nSPS) is 10.9. The number of rotatable bonds is 3. The Kier molecular flexibility index (Phi) is 3.85. The first kappa shape index (κ1) is 13.1. The number of carbonyl (C=O) groups is 1. The van der Waals surface area contributed by atoms with Gasteiger partial charge in [0.2, 0.25) is 0 Å². The van der Waals surface area contributed by atoms with Crippen LogP contribution in [0.15, 0.2) is 41.5 Å². The Morgan fingerprint density at radius 3 is 2.53 bits per heavy atom. The molecule has 1 aromatic heterocycles. The van der Waals surface area contributed by atoms with Crippen molar-refractivity contribution in [2.75, 3.05) is 7.05 Å². The van der Waals surface area contributed by atoms with Crippen molar-refractivity contribution in [3.63, 3.8) is 0 Å². The van der Waals surface area contributed by atoms with Gasteiger partial charge in [0.05, 0.1) is 5.69 Å². The van der Waals surface area contributed by atoms with Crippen molar-refractivity contribution in [2.24, 2.45) is 4.99 Å². The van der Waals surface area contributed by atoms with Crippen molar-refractivity contribution >= 4 is 12.0 Å². The van der Waals surface area contributed by atoms with Crippen LogP contribution in [0.25, 0.3) is 11.3 Å². The second-order valence-electron chi connectivity index (χ2n) is 4.45. The molecule has 19 heavy (non-hydrogen) atoms. The smallest absolute Gasteiger partial charge is 0.159 e. The highest BCUT2D eigenvalue weighted by Gasteiger charge is 2.04. The maximum absolute atomic E-state index is 11.2. The summed E-state index contributed by atoms with van der Waals surface area (Å²) in [4.78, 5) is 19.7. The number of hydrogen-bond donors (Lipinski definition) is 0. The second kappa shape index (κ2) is 5.57. The van der Waals surface area contributed by atoms with Crippen LogP contribution in [-0.2, 0) is 0 Å². The maximum atomic E-state index is 11.2. The zero-order chi connectivity index (χ0) is 13.8. The minimum absolute atomic E-state index is 0.0715. The molecule has 0 aliphatic heterocycles. The number of aryl methyl sites for hydroxylation is 1. The number of aromatic nitrogens is 1. The largest absolute Gasteiger partial charge is 0.296 e. The second-order valence-corrected chi connectivity index (χ2v) is 4.45. The maximum Gasteiger partial charge on any atom is 0.159 e. The first-order valence-corrected chi connectivity index (χ1v) is 6.12. The monoisotopic (exact) mass is 252 g/mol. The summed E-state index contributed by atoms with van der Waals surface area (Å²) in [5.74, 6) is 0.0715. The Bertz CT molecular complexity index is 628. The Morgan fingerprint density at radius 1 is 1.26 bits per heavy atom. The standard InChI is InChI=1S/C16H16N2O/c1-11-9-18-16(8-15(11)10-17-3)14-6-4-13(5-7-14)12(2)19/h4-10H,1-3H3. The van der Waals surface area contributed by atoms with Gasteiger partial charge >= 0.3 is 0 Å². The third kappa shape index (κ3) is 2.94. The van der Waals surface area contributed by atoms with Crippen molar-refractivity contribution in [2.45, 2.75) is 13.8 Å². The van der Waals surface area contributed by atoms with E-state index in [0.717, 1.165) is 22.4 Å². The first-order valence-electron chi connectivity index (χ1n) is 6.12. The van der Waals surface area contributed by atoms with Crippen LogP contribution in [0, 0.1) is 6.92 Å². The fraction of sp³-hybridized carbons (Fsp3) is 0.188. The summed E-state index contributed by atoms with van der Waals surface area (Å²) in [7, 11) is 1.75. The Balaban J connectivity index is 2.41. The molecule has 0 aliphatic rings. The summed E-state index contributed by atoms with van der Waals surface area (Å²) in [5, 5.41) is 0. The molecule has 0 unspecified atom stereocenters. The van der Waals surface area contributed by atoms with Crippen LogP contribution in [0.3, 0.4) is 0 Å². The highest BCUT2D eigenvalue weighted by molar-refractivity contribution is 5.94. The van der Waals surface area contributed by atoms with Gasteiger partial charge in [-0.3, -0.25) is 14.8 Å². The molecule has 2 rings (SSSR count). The van der Waals surface area contributed by atoms with Gasteiger partial charge in [0.15, 0.2) is 5.78 Å². The number of nitrogens with zero attached hydrogens (tertiary/aromatic N) is 2. The van der Waals surface area contributed by atoms with Crippen molar-refractivity contribution in [3.05, 3.63) is 53.2 Å². The molecule has 3 heteroatoms. The predicted octanol–water partition coefficient (Wildman–Crippen LogP) is 3.31. The molecule has 0 amide bonds. The van der Waals surface area contributed by atoms with Gasteiger partial charge in [-0.1, -0.05) is 24.3 Å². The number of ketones is 1. The SMILES string of the molecule is CN=Cc1cc(-c2ccc(C(C)=O)cc2)ncc1C. The summed E-state index contributed by atoms with van der Waals surface area (Å²) < 4.78 is 0. The fourth-order valence-electron chi connectivity index (χ4n) is 1.85. The minimum Gasteiger partial charge on any atom is -0.296 e. The van der Waals surface area contributed by atoms with E-state index in [1.807, 2.05) is 49.7 Å². The van der Waals surface area contributed by atoms with E-state index in [0.29, 0.717) is 5.56 Å². The zero-order valence-corrected chi connectivity index (χ0v) is 11.3. The highest BCUT2D eigenvalue weighted by atomic mass is 16.1. The van der Waals surface area contributed by atoms with E-state index >= 15 is 0 Å². The molecule has 0 saturated heterocycles. The molecule has 3 nitrogen and oxygen atoms in total. The number of carbonyl (C=O) groups excluding carboxylic acids is 1. The number of benzene rings is 1. The van der Waals surface area contributed by atoms with E-state index in [1.54, 1.807) is 14.0 Å². The molecule has 0 saturated carbocycles. The van der Waals surface area contributed by atoms with E-state index in [9.17, 15) is 4.79 Å². The Labute approximate surface area is 113 Å². The third-order valence-corrected chi connectivity index (χ3v) is 3.00. The molecule has 0 fully saturated rings. The molecule has 0 spiro atoms. The summed E-state index contributed by atoms with van der Waals surface area (Å²) in [5.41, 5.74) is 4.75. The van der Waals surface area contributed by atoms with Crippen LogP contribution >= 0.6 is 0 Å². The molecule has 1 aromatic carbocycles. The average Bonchev–Trinajstić information content (AvgIpc) is 2.41. The van der Waals surface area contributed by atoms with Crippen LogP contribution in [0.2, 0.25) is 0 Å². The van der Waals surface area contributed by atoms with Crippen molar-refractivity contribution in [3.8, 4) is 11.3 Å². The average molecular weight is 252 g/mol.